The van der Waals surface area contributed by atoms with Gasteiger partial charge >= 0.3 is 0 Å². The molecule has 4 nitrogen and oxygen atoms in total. The first-order valence-electron chi connectivity index (χ1n) is 11.8. The van der Waals surface area contributed by atoms with Gasteiger partial charge in [0.15, 0.2) is 5.78 Å². The highest BCUT2D eigenvalue weighted by Crippen LogP contribution is 2.41. The van der Waals surface area contributed by atoms with E-state index < -0.39 is 0 Å². The number of carbonyl (C=O) groups excluding carboxylic acids is 2. The van der Waals surface area contributed by atoms with Crippen molar-refractivity contribution in [1.82, 2.24) is 10.2 Å². The van der Waals surface area contributed by atoms with Crippen LogP contribution in [0.2, 0.25) is 0 Å². The summed E-state index contributed by atoms with van der Waals surface area (Å²) in [6.07, 6.45) is 6.39. The molecule has 0 radical (unpaired) electrons. The summed E-state index contributed by atoms with van der Waals surface area (Å²) in [5.74, 6) is 1.81. The number of benzene rings is 2. The maximum atomic E-state index is 12.9. The Bertz CT molecular complexity index is 977. The van der Waals surface area contributed by atoms with Crippen LogP contribution in [0.3, 0.4) is 0 Å². The highest BCUT2D eigenvalue weighted by atomic mass is 16.2. The smallest absolute Gasteiger partial charge is 0.219 e. The topological polar surface area (TPSA) is 49.4 Å². The number of hydrogen-bond donors (Lipinski definition) is 1. The zero-order valence-electron chi connectivity index (χ0n) is 18.4. The van der Waals surface area contributed by atoms with Crippen LogP contribution in [-0.4, -0.2) is 35.7 Å². The Morgan fingerprint density at radius 1 is 1.06 bits per heavy atom. The Kier molecular flexibility index (Phi) is 5.66. The molecule has 2 aliphatic carbocycles. The Morgan fingerprint density at radius 3 is 2.61 bits per heavy atom. The van der Waals surface area contributed by atoms with E-state index in [0.717, 1.165) is 42.0 Å². The molecule has 162 valence electrons. The first kappa shape index (κ1) is 20.4. The molecule has 0 spiro atoms. The van der Waals surface area contributed by atoms with Gasteiger partial charge in [-0.3, -0.25) is 9.59 Å². The van der Waals surface area contributed by atoms with Crippen LogP contribution in [0.1, 0.15) is 71.1 Å². The molecular weight excluding hydrogens is 384 g/mol. The van der Waals surface area contributed by atoms with Gasteiger partial charge in [-0.25, -0.2) is 0 Å². The van der Waals surface area contributed by atoms with Gasteiger partial charge in [-0.1, -0.05) is 36.4 Å². The van der Waals surface area contributed by atoms with Crippen molar-refractivity contribution in [2.45, 2.75) is 64.0 Å². The number of ketones is 1. The minimum Gasteiger partial charge on any atom is -0.339 e. The number of rotatable bonds is 7. The minimum atomic E-state index is 0.102. The number of Topliss-reactive ketones (excluding diaryl/α,β-unsaturated/α-hetero) is 1. The summed E-state index contributed by atoms with van der Waals surface area (Å²) in [4.78, 5) is 26.7. The molecule has 1 heterocycles. The highest BCUT2D eigenvalue weighted by Gasteiger charge is 2.38. The van der Waals surface area contributed by atoms with Gasteiger partial charge in [0.1, 0.15) is 0 Å². The van der Waals surface area contributed by atoms with Crippen LogP contribution in [0.4, 0.5) is 0 Å². The van der Waals surface area contributed by atoms with Gasteiger partial charge in [0.25, 0.3) is 0 Å². The molecule has 2 unspecified atom stereocenters. The van der Waals surface area contributed by atoms with E-state index in [-0.39, 0.29) is 11.7 Å². The molecule has 0 saturated heterocycles. The van der Waals surface area contributed by atoms with Crippen molar-refractivity contribution in [2.24, 2.45) is 5.92 Å². The Labute approximate surface area is 185 Å². The molecule has 0 bridgehead atoms. The summed E-state index contributed by atoms with van der Waals surface area (Å²) in [6.45, 7) is 4.20. The number of nitrogens with one attached hydrogen (secondary N) is 1. The average Bonchev–Trinajstić information content (AvgIpc) is 3.66. The third-order valence-electron chi connectivity index (χ3n) is 7.14. The molecule has 4 heteroatoms. The molecule has 2 fully saturated rings. The van der Waals surface area contributed by atoms with Crippen LogP contribution in [0, 0.1) is 5.92 Å². The quantitative estimate of drug-likeness (QED) is 0.686. The van der Waals surface area contributed by atoms with E-state index >= 15 is 0 Å². The van der Waals surface area contributed by atoms with E-state index in [4.69, 9.17) is 0 Å². The second-order valence-electron chi connectivity index (χ2n) is 9.67. The van der Waals surface area contributed by atoms with Gasteiger partial charge in [-0.05, 0) is 72.9 Å². The van der Waals surface area contributed by atoms with Crippen molar-refractivity contribution in [3.63, 3.8) is 0 Å². The molecule has 1 N–H and O–H groups in total. The molecule has 3 aliphatic rings. The van der Waals surface area contributed by atoms with Crippen LogP contribution in [0.5, 0.6) is 0 Å². The first-order valence-corrected chi connectivity index (χ1v) is 11.8. The van der Waals surface area contributed by atoms with Gasteiger partial charge in [-0.15, -0.1) is 0 Å². The summed E-state index contributed by atoms with van der Waals surface area (Å²) >= 11 is 0. The van der Waals surface area contributed by atoms with E-state index in [1.807, 2.05) is 17.0 Å². The predicted molar refractivity (Wildman–Crippen MR) is 122 cm³/mol. The fraction of sp³-hybridized carbons (Fsp3) is 0.481. The number of carbonyl (C=O) groups is 2. The fourth-order valence-electron chi connectivity index (χ4n) is 4.80. The molecule has 2 aromatic carbocycles. The van der Waals surface area contributed by atoms with Crippen LogP contribution in [-0.2, 0) is 24.2 Å². The Morgan fingerprint density at radius 2 is 1.87 bits per heavy atom. The second-order valence-corrected chi connectivity index (χ2v) is 9.67. The molecule has 2 atom stereocenters. The number of hydrogen-bond acceptors (Lipinski definition) is 3. The van der Waals surface area contributed by atoms with Crippen molar-refractivity contribution in [2.75, 3.05) is 13.1 Å². The maximum absolute atomic E-state index is 12.9. The molecule has 2 aromatic rings. The van der Waals surface area contributed by atoms with E-state index in [0.29, 0.717) is 24.9 Å². The lowest BCUT2D eigenvalue weighted by Gasteiger charge is -2.19. The summed E-state index contributed by atoms with van der Waals surface area (Å²) in [5.41, 5.74) is 5.59. The zero-order valence-corrected chi connectivity index (χ0v) is 18.4. The van der Waals surface area contributed by atoms with Crippen molar-refractivity contribution in [3.8, 4) is 0 Å². The van der Waals surface area contributed by atoms with Crippen LogP contribution in [0.15, 0.2) is 42.5 Å². The highest BCUT2D eigenvalue weighted by molar-refractivity contribution is 5.97. The lowest BCUT2D eigenvalue weighted by atomic mass is 9.96. The lowest BCUT2D eigenvalue weighted by Crippen LogP contribution is -2.28. The van der Waals surface area contributed by atoms with E-state index in [1.165, 1.54) is 36.9 Å². The van der Waals surface area contributed by atoms with Gasteiger partial charge in [0, 0.05) is 44.0 Å². The van der Waals surface area contributed by atoms with Crippen LogP contribution in [0.25, 0.3) is 0 Å². The van der Waals surface area contributed by atoms with Gasteiger partial charge < -0.3 is 10.2 Å². The van der Waals surface area contributed by atoms with Crippen LogP contribution < -0.4 is 5.32 Å². The Hall–Kier alpha value is -2.46. The van der Waals surface area contributed by atoms with Gasteiger partial charge in [0.05, 0.1) is 0 Å². The average molecular weight is 417 g/mol. The second kappa shape index (κ2) is 8.58. The normalized spacial score (nSPS) is 22.5. The van der Waals surface area contributed by atoms with Crippen LogP contribution >= 0.6 is 0 Å². The maximum Gasteiger partial charge on any atom is 0.219 e. The standard InChI is InChI=1S/C27H32N2O2/c1-18(30)29-12-2-3-21-10-11-23(14-24(21)17-29)27(31)13-19-6-8-22(9-7-19)25-15-26(25)28-16-20-4-5-20/h6-11,14,20,25-26,28H,2-5,12-13,15-17H2,1H3. The van der Waals surface area contributed by atoms with Crippen molar-refractivity contribution < 1.29 is 9.59 Å². The number of amides is 1. The lowest BCUT2D eigenvalue weighted by molar-refractivity contribution is -0.129. The predicted octanol–water partition coefficient (Wildman–Crippen LogP) is 4.26. The third kappa shape index (κ3) is 4.90. The summed E-state index contributed by atoms with van der Waals surface area (Å²) < 4.78 is 0. The molecule has 1 amide bonds. The fourth-order valence-corrected chi connectivity index (χ4v) is 4.80. The number of aryl methyl sites for hydroxylation is 1. The van der Waals surface area contributed by atoms with Gasteiger partial charge in [-0.2, -0.15) is 0 Å². The van der Waals surface area contributed by atoms with Crippen molar-refractivity contribution in [3.05, 3.63) is 70.3 Å². The van der Waals surface area contributed by atoms with Gasteiger partial charge in [0.2, 0.25) is 5.91 Å². The molecule has 0 aromatic heterocycles. The molecule has 1 aliphatic heterocycles. The van der Waals surface area contributed by atoms with E-state index in [2.05, 4.69) is 35.6 Å². The number of nitrogens with zero attached hydrogens (tertiary/aromatic N) is 1. The molecule has 2 saturated carbocycles. The molecule has 31 heavy (non-hydrogen) atoms. The zero-order chi connectivity index (χ0) is 21.4. The molecular formula is C27H32N2O2. The Balaban J connectivity index is 1.21. The number of fused-ring (bicyclic) bond motifs is 1. The van der Waals surface area contributed by atoms with E-state index in [1.54, 1.807) is 6.92 Å². The first-order chi connectivity index (χ1) is 15.1. The minimum absolute atomic E-state index is 0.102. The largest absolute Gasteiger partial charge is 0.339 e. The summed E-state index contributed by atoms with van der Waals surface area (Å²) in [5, 5.41) is 3.70. The van der Waals surface area contributed by atoms with Crippen molar-refractivity contribution >= 4 is 11.7 Å². The van der Waals surface area contributed by atoms with Crippen molar-refractivity contribution in [1.29, 1.82) is 0 Å². The monoisotopic (exact) mass is 416 g/mol. The molecule has 5 rings (SSSR count). The summed E-state index contributed by atoms with van der Waals surface area (Å²) in [7, 11) is 0. The third-order valence-corrected chi connectivity index (χ3v) is 7.14. The van der Waals surface area contributed by atoms with E-state index in [9.17, 15) is 9.59 Å². The summed E-state index contributed by atoms with van der Waals surface area (Å²) in [6, 6.07) is 15.3. The SMILES string of the molecule is CC(=O)N1CCCc2ccc(C(=O)Cc3ccc(C4CC4NCC4CC4)cc3)cc2C1.